The third-order valence-corrected chi connectivity index (χ3v) is 10.7. The average Bonchev–Trinajstić information content (AvgIpc) is 3.09. The third kappa shape index (κ3) is 6.44. The second-order valence-electron chi connectivity index (χ2n) is 13.8. The van der Waals surface area contributed by atoms with Crippen LogP contribution in [0.1, 0.15) is 73.1 Å². The molecule has 0 radical (unpaired) electrons. The summed E-state index contributed by atoms with van der Waals surface area (Å²) in [7, 11) is 0. The Morgan fingerprint density at radius 1 is 0.660 bits per heavy atom. The van der Waals surface area contributed by atoms with Crippen molar-refractivity contribution in [3.63, 3.8) is 0 Å². The van der Waals surface area contributed by atoms with Gasteiger partial charge in [-0.1, -0.05) is 55.5 Å². The van der Waals surface area contributed by atoms with Gasteiger partial charge in [0.1, 0.15) is 23.7 Å². The number of carbonyl (C=O) groups excluding carboxylic acids is 2. The molecule has 1 unspecified atom stereocenters. The molecule has 4 aromatic carbocycles. The molecule has 1 atom stereocenters. The van der Waals surface area contributed by atoms with Crippen molar-refractivity contribution >= 4 is 11.9 Å². The van der Waals surface area contributed by atoms with E-state index in [-0.39, 0.29) is 18.2 Å². The van der Waals surface area contributed by atoms with Gasteiger partial charge in [0.2, 0.25) is 0 Å². The summed E-state index contributed by atoms with van der Waals surface area (Å²) in [6.45, 7) is 4.11. The van der Waals surface area contributed by atoms with Gasteiger partial charge in [0.05, 0.1) is 17.2 Å². The molecular weight excluding hydrogens is 588 g/mol. The molecule has 8 rings (SSSR count). The molecule has 0 spiro atoms. The Morgan fingerprint density at radius 2 is 1.09 bits per heavy atom. The van der Waals surface area contributed by atoms with Crippen LogP contribution >= 0.6 is 0 Å². The minimum atomic E-state index is -0.527. The lowest BCUT2D eigenvalue weighted by Crippen LogP contribution is -2.59. The summed E-state index contributed by atoms with van der Waals surface area (Å²) in [6, 6.07) is 29.9. The van der Waals surface area contributed by atoms with Crippen molar-refractivity contribution in [2.75, 3.05) is 6.61 Å². The number of esters is 2. The summed E-state index contributed by atoms with van der Waals surface area (Å²) in [4.78, 5) is 26.2. The van der Waals surface area contributed by atoms with E-state index in [4.69, 9.17) is 14.2 Å². The zero-order valence-corrected chi connectivity index (χ0v) is 27.1. The maximum atomic E-state index is 13.4. The van der Waals surface area contributed by atoms with Crippen molar-refractivity contribution in [3.8, 4) is 33.8 Å². The molecule has 6 nitrogen and oxygen atoms in total. The van der Waals surface area contributed by atoms with E-state index in [1.807, 2.05) is 72.8 Å². The normalized spacial score (nSPS) is 24.8. The first-order valence-corrected chi connectivity index (χ1v) is 17.0. The highest BCUT2D eigenvalue weighted by molar-refractivity contribution is 5.92. The Kier molecular flexibility index (Phi) is 8.63. The molecule has 0 saturated heterocycles. The zero-order valence-electron chi connectivity index (χ0n) is 27.1. The maximum absolute atomic E-state index is 13.4. The number of hydrogen-bond acceptors (Lipinski definition) is 6. The van der Waals surface area contributed by atoms with E-state index in [9.17, 15) is 14.7 Å². The molecule has 4 fully saturated rings. The Morgan fingerprint density at radius 3 is 1.53 bits per heavy atom. The van der Waals surface area contributed by atoms with Crippen LogP contribution in [-0.4, -0.2) is 35.4 Å². The van der Waals surface area contributed by atoms with Crippen LogP contribution in [0.5, 0.6) is 11.5 Å². The molecule has 4 bridgehead atoms. The Labute approximate surface area is 276 Å². The standard InChI is InChI=1S/C41H42O6/c1-3-41(35-21-27-20-28(23-35)24-36(41)22-27)47-40(44)34-10-6-30(7-11-34)32-14-18-38(19-15-32)46-39(43)33-8-4-29(5-9-33)31-12-16-37(17-13-31)45-25-26(2)42/h4-19,26-28,35-36,42H,3,20-25H2,1-2H3. The van der Waals surface area contributed by atoms with E-state index in [1.165, 1.54) is 32.1 Å². The second-order valence-corrected chi connectivity index (χ2v) is 13.8. The van der Waals surface area contributed by atoms with Crippen LogP contribution < -0.4 is 9.47 Å². The maximum Gasteiger partial charge on any atom is 0.343 e. The van der Waals surface area contributed by atoms with Gasteiger partial charge in [0.15, 0.2) is 0 Å². The first-order chi connectivity index (χ1) is 22.8. The molecule has 4 aliphatic rings. The zero-order chi connectivity index (χ0) is 32.5. The predicted octanol–water partition coefficient (Wildman–Crippen LogP) is 8.76. The van der Waals surface area contributed by atoms with Gasteiger partial charge in [-0.05, 0) is 140 Å². The van der Waals surface area contributed by atoms with Gasteiger partial charge >= 0.3 is 11.9 Å². The van der Waals surface area contributed by atoms with E-state index in [0.29, 0.717) is 34.5 Å². The summed E-state index contributed by atoms with van der Waals surface area (Å²) in [6.07, 6.45) is 6.59. The molecule has 1 N–H and O–H groups in total. The SMILES string of the molecule is CCC1(OC(=O)c2ccc(-c3ccc(OC(=O)c4ccc(-c5ccc(OCC(C)O)cc5)cc4)cc3)cc2)C2CC3CC(C2)CC1C3. The second kappa shape index (κ2) is 13.0. The van der Waals surface area contributed by atoms with Crippen molar-refractivity contribution in [3.05, 3.63) is 108 Å². The summed E-state index contributed by atoms with van der Waals surface area (Å²) in [5, 5.41) is 9.39. The van der Waals surface area contributed by atoms with Crippen molar-refractivity contribution in [1.29, 1.82) is 0 Å². The number of ether oxygens (including phenoxy) is 3. The minimum Gasteiger partial charge on any atom is -0.491 e. The lowest BCUT2D eigenvalue weighted by Gasteiger charge is -2.60. The number of aliphatic hydroxyl groups is 1. The molecular formula is C41H42O6. The van der Waals surface area contributed by atoms with Crippen LogP contribution in [0, 0.1) is 23.7 Å². The molecule has 4 aliphatic carbocycles. The number of carbonyl (C=O) groups is 2. The fourth-order valence-electron chi connectivity index (χ4n) is 8.47. The van der Waals surface area contributed by atoms with Crippen LogP contribution in [0.25, 0.3) is 22.3 Å². The Balaban J connectivity index is 0.949. The average molecular weight is 631 g/mol. The topological polar surface area (TPSA) is 82.1 Å². The van der Waals surface area contributed by atoms with E-state index in [2.05, 4.69) is 6.92 Å². The summed E-state index contributed by atoms with van der Waals surface area (Å²) >= 11 is 0. The molecule has 4 aromatic rings. The van der Waals surface area contributed by atoms with Crippen molar-refractivity contribution in [1.82, 2.24) is 0 Å². The van der Waals surface area contributed by atoms with E-state index in [1.54, 1.807) is 31.2 Å². The Hall–Kier alpha value is -4.42. The first-order valence-electron chi connectivity index (χ1n) is 17.0. The molecule has 0 aliphatic heterocycles. The van der Waals surface area contributed by atoms with Gasteiger partial charge in [-0.2, -0.15) is 0 Å². The van der Waals surface area contributed by atoms with Crippen LogP contribution in [0.15, 0.2) is 97.1 Å². The number of benzene rings is 4. The van der Waals surface area contributed by atoms with Crippen molar-refractivity contribution in [2.45, 2.75) is 64.1 Å². The van der Waals surface area contributed by atoms with E-state index < -0.39 is 12.1 Å². The van der Waals surface area contributed by atoms with Gasteiger partial charge in [0.25, 0.3) is 0 Å². The van der Waals surface area contributed by atoms with E-state index in [0.717, 1.165) is 40.5 Å². The van der Waals surface area contributed by atoms with E-state index >= 15 is 0 Å². The van der Waals surface area contributed by atoms with Crippen molar-refractivity contribution < 1.29 is 28.9 Å². The van der Waals surface area contributed by atoms with Gasteiger partial charge < -0.3 is 19.3 Å². The highest BCUT2D eigenvalue weighted by Gasteiger charge is 2.58. The highest BCUT2D eigenvalue weighted by atomic mass is 16.6. The number of hydrogen-bond donors (Lipinski definition) is 1. The number of rotatable bonds is 10. The largest absolute Gasteiger partial charge is 0.491 e. The smallest absolute Gasteiger partial charge is 0.343 e. The summed E-state index contributed by atoms with van der Waals surface area (Å²) in [5.41, 5.74) is 4.62. The third-order valence-electron chi connectivity index (χ3n) is 10.7. The lowest BCUT2D eigenvalue weighted by molar-refractivity contribution is -0.176. The predicted molar refractivity (Wildman–Crippen MR) is 181 cm³/mol. The molecule has 47 heavy (non-hydrogen) atoms. The monoisotopic (exact) mass is 630 g/mol. The van der Waals surface area contributed by atoms with Gasteiger partial charge in [0, 0.05) is 0 Å². The fourth-order valence-corrected chi connectivity index (χ4v) is 8.47. The first kappa shape index (κ1) is 31.2. The number of aliphatic hydroxyl groups excluding tert-OH is 1. The molecule has 4 saturated carbocycles. The molecule has 0 heterocycles. The van der Waals surface area contributed by atoms with Crippen LogP contribution in [0.2, 0.25) is 0 Å². The van der Waals surface area contributed by atoms with Crippen molar-refractivity contribution in [2.24, 2.45) is 23.7 Å². The van der Waals surface area contributed by atoms with Gasteiger partial charge in [-0.3, -0.25) is 0 Å². The highest BCUT2D eigenvalue weighted by Crippen LogP contribution is 2.60. The fraction of sp³-hybridized carbons (Fsp3) is 0.366. The summed E-state index contributed by atoms with van der Waals surface area (Å²) in [5.74, 6) is 3.17. The van der Waals surface area contributed by atoms with Crippen LogP contribution in [0.3, 0.4) is 0 Å². The van der Waals surface area contributed by atoms with Gasteiger partial charge in [-0.25, -0.2) is 9.59 Å². The van der Waals surface area contributed by atoms with Gasteiger partial charge in [-0.15, -0.1) is 0 Å². The molecule has 6 heteroatoms. The molecule has 0 aromatic heterocycles. The summed E-state index contributed by atoms with van der Waals surface area (Å²) < 4.78 is 17.6. The van der Waals surface area contributed by atoms with Crippen LogP contribution in [-0.2, 0) is 4.74 Å². The van der Waals surface area contributed by atoms with Crippen LogP contribution in [0.4, 0.5) is 0 Å². The minimum absolute atomic E-state index is 0.211. The quantitative estimate of drug-likeness (QED) is 0.139. The molecule has 0 amide bonds. The molecule has 242 valence electrons. The lowest BCUT2D eigenvalue weighted by atomic mass is 9.49. The Bertz CT molecular complexity index is 1680.